The van der Waals surface area contributed by atoms with E-state index in [4.69, 9.17) is 4.98 Å². The molecule has 1 heterocycles. The summed E-state index contributed by atoms with van der Waals surface area (Å²) in [6, 6.07) is 6.71. The normalized spacial score (nSPS) is 12.1. The molecule has 0 radical (unpaired) electrons. The van der Waals surface area contributed by atoms with Gasteiger partial charge in [-0.2, -0.15) is 0 Å². The van der Waals surface area contributed by atoms with Crippen LogP contribution < -0.4 is 5.32 Å². The van der Waals surface area contributed by atoms with Crippen LogP contribution in [0.5, 0.6) is 0 Å². The molecule has 0 amide bonds. The minimum absolute atomic E-state index is 0.0774. The topological polar surface area (TPSA) is 24.9 Å². The predicted octanol–water partition coefficient (Wildman–Crippen LogP) is 3.87. The number of nitrogens with one attached hydrogen (secondary N) is 1. The Morgan fingerprint density at radius 3 is 2.37 bits per heavy atom. The molecule has 0 saturated heterocycles. The Balaban J connectivity index is 2.79. The maximum absolute atomic E-state index is 4.90. The minimum atomic E-state index is 0.0774. The number of hydrogen-bond acceptors (Lipinski definition) is 2. The first-order chi connectivity index (χ1) is 8.82. The highest BCUT2D eigenvalue weighted by Crippen LogP contribution is 2.28. The molecule has 0 atom stereocenters. The van der Waals surface area contributed by atoms with Gasteiger partial charge in [0.2, 0.25) is 0 Å². The van der Waals surface area contributed by atoms with Gasteiger partial charge < -0.3 is 5.32 Å². The van der Waals surface area contributed by atoms with Crippen molar-refractivity contribution in [3.05, 3.63) is 40.6 Å². The summed E-state index contributed by atoms with van der Waals surface area (Å²) in [5, 5.41) is 4.54. The summed E-state index contributed by atoms with van der Waals surface area (Å²) in [6.45, 7) is 11.8. The van der Waals surface area contributed by atoms with E-state index >= 15 is 0 Å². The van der Waals surface area contributed by atoms with Crippen LogP contribution in [0, 0.1) is 13.8 Å². The second-order valence-corrected chi connectivity index (χ2v) is 6.42. The third-order valence-electron chi connectivity index (χ3n) is 3.47. The van der Waals surface area contributed by atoms with Crippen molar-refractivity contribution in [3.63, 3.8) is 0 Å². The first-order valence-corrected chi connectivity index (χ1v) is 6.89. The summed E-state index contributed by atoms with van der Waals surface area (Å²) in [4.78, 5) is 4.90. The molecule has 0 fully saturated rings. The Hall–Kier alpha value is -1.41. The molecule has 0 saturated carbocycles. The van der Waals surface area contributed by atoms with E-state index in [0.29, 0.717) is 0 Å². The fourth-order valence-corrected chi connectivity index (χ4v) is 2.47. The number of nitrogens with zero attached hydrogens (tertiary/aromatic N) is 1. The van der Waals surface area contributed by atoms with Gasteiger partial charge in [-0.1, -0.05) is 32.4 Å². The fraction of sp³-hybridized carbons (Fsp3) is 0.471. The average molecular weight is 256 g/mol. The van der Waals surface area contributed by atoms with E-state index < -0.39 is 0 Å². The van der Waals surface area contributed by atoms with E-state index in [1.54, 1.807) is 0 Å². The smallest absolute Gasteiger partial charge is 0.0738 e. The molecule has 2 nitrogen and oxygen atoms in total. The van der Waals surface area contributed by atoms with Gasteiger partial charge in [0.1, 0.15) is 0 Å². The molecule has 0 aliphatic rings. The fourth-order valence-electron chi connectivity index (χ4n) is 2.47. The van der Waals surface area contributed by atoms with Gasteiger partial charge in [-0.15, -0.1) is 0 Å². The van der Waals surface area contributed by atoms with Crippen LogP contribution in [-0.4, -0.2) is 12.0 Å². The van der Waals surface area contributed by atoms with Crippen LogP contribution in [0.25, 0.3) is 10.9 Å². The van der Waals surface area contributed by atoms with Crippen molar-refractivity contribution in [2.24, 2.45) is 0 Å². The lowest BCUT2D eigenvalue weighted by Gasteiger charge is -2.21. The molecule has 0 aliphatic carbocycles. The largest absolute Gasteiger partial charge is 0.316 e. The number of aromatic nitrogens is 1. The maximum atomic E-state index is 4.90. The van der Waals surface area contributed by atoms with Gasteiger partial charge in [-0.05, 0) is 44.2 Å². The van der Waals surface area contributed by atoms with Crippen LogP contribution in [0.1, 0.15) is 43.2 Å². The van der Waals surface area contributed by atoms with Crippen LogP contribution in [-0.2, 0) is 12.0 Å². The molecule has 2 aromatic rings. The van der Waals surface area contributed by atoms with E-state index in [-0.39, 0.29) is 5.41 Å². The van der Waals surface area contributed by atoms with Crippen LogP contribution in [0.15, 0.2) is 18.2 Å². The zero-order chi connectivity index (χ0) is 14.2. The zero-order valence-corrected chi connectivity index (χ0v) is 12.9. The van der Waals surface area contributed by atoms with Gasteiger partial charge in [0.05, 0.1) is 5.52 Å². The Labute approximate surface area is 116 Å². The molecular formula is C17H24N2. The van der Waals surface area contributed by atoms with Crippen molar-refractivity contribution < 1.29 is 0 Å². The van der Waals surface area contributed by atoms with Gasteiger partial charge in [0.15, 0.2) is 0 Å². The van der Waals surface area contributed by atoms with E-state index in [2.05, 4.69) is 58.1 Å². The lowest BCUT2D eigenvalue weighted by molar-refractivity contribution is 0.570. The zero-order valence-electron chi connectivity index (χ0n) is 12.9. The van der Waals surface area contributed by atoms with Crippen LogP contribution >= 0.6 is 0 Å². The van der Waals surface area contributed by atoms with Crippen LogP contribution in [0.3, 0.4) is 0 Å². The standard InChI is InChI=1S/C17H24N2/c1-11-7-12(2)16-14(8-11)13(10-18-6)9-15(19-16)17(3,4)5/h7-9,18H,10H2,1-6H3. The highest BCUT2D eigenvalue weighted by atomic mass is 14.8. The molecule has 0 spiro atoms. The van der Waals surface area contributed by atoms with Crippen molar-refractivity contribution in [1.82, 2.24) is 10.3 Å². The second kappa shape index (κ2) is 4.93. The second-order valence-electron chi connectivity index (χ2n) is 6.42. The Morgan fingerprint density at radius 1 is 1.11 bits per heavy atom. The molecule has 2 heteroatoms. The van der Waals surface area contributed by atoms with Gasteiger partial charge in [0.25, 0.3) is 0 Å². The third-order valence-corrected chi connectivity index (χ3v) is 3.47. The quantitative estimate of drug-likeness (QED) is 0.882. The van der Waals surface area contributed by atoms with Crippen molar-refractivity contribution in [2.45, 2.75) is 46.6 Å². The summed E-state index contributed by atoms with van der Waals surface area (Å²) >= 11 is 0. The lowest BCUT2D eigenvalue weighted by atomic mass is 9.89. The van der Waals surface area contributed by atoms with Crippen molar-refractivity contribution in [1.29, 1.82) is 0 Å². The summed E-state index contributed by atoms with van der Waals surface area (Å²) in [5.41, 5.74) is 6.28. The highest BCUT2D eigenvalue weighted by molar-refractivity contribution is 5.86. The summed E-state index contributed by atoms with van der Waals surface area (Å²) in [6.07, 6.45) is 0. The van der Waals surface area contributed by atoms with E-state index in [9.17, 15) is 0 Å². The molecule has 1 N–H and O–H groups in total. The van der Waals surface area contributed by atoms with Gasteiger partial charge >= 0.3 is 0 Å². The third kappa shape index (κ3) is 2.79. The molecule has 0 unspecified atom stereocenters. The van der Waals surface area contributed by atoms with Gasteiger partial charge in [0, 0.05) is 23.0 Å². The Bertz CT molecular complexity index is 607. The molecule has 0 bridgehead atoms. The summed E-state index contributed by atoms with van der Waals surface area (Å²) in [5.74, 6) is 0. The lowest BCUT2D eigenvalue weighted by Crippen LogP contribution is -2.16. The molecule has 0 aliphatic heterocycles. The summed E-state index contributed by atoms with van der Waals surface area (Å²) < 4.78 is 0. The van der Waals surface area contributed by atoms with Crippen molar-refractivity contribution >= 4 is 10.9 Å². The molecule has 102 valence electrons. The highest BCUT2D eigenvalue weighted by Gasteiger charge is 2.18. The monoisotopic (exact) mass is 256 g/mol. The van der Waals surface area contributed by atoms with Crippen LogP contribution in [0.4, 0.5) is 0 Å². The van der Waals surface area contributed by atoms with E-state index in [1.807, 2.05) is 7.05 Å². The maximum Gasteiger partial charge on any atom is 0.0738 e. The summed E-state index contributed by atoms with van der Waals surface area (Å²) in [7, 11) is 1.99. The van der Waals surface area contributed by atoms with Gasteiger partial charge in [-0.25, -0.2) is 0 Å². The Morgan fingerprint density at radius 2 is 1.79 bits per heavy atom. The van der Waals surface area contributed by atoms with E-state index in [1.165, 1.54) is 22.1 Å². The number of benzene rings is 1. The van der Waals surface area contributed by atoms with Crippen molar-refractivity contribution in [2.75, 3.05) is 7.05 Å². The number of rotatable bonds is 2. The molecule has 2 rings (SSSR count). The Kier molecular flexibility index (Phi) is 3.64. The molecular weight excluding hydrogens is 232 g/mol. The van der Waals surface area contributed by atoms with Crippen molar-refractivity contribution in [3.8, 4) is 0 Å². The minimum Gasteiger partial charge on any atom is -0.316 e. The van der Waals surface area contributed by atoms with Gasteiger partial charge in [-0.3, -0.25) is 4.98 Å². The van der Waals surface area contributed by atoms with E-state index in [0.717, 1.165) is 17.8 Å². The first kappa shape index (κ1) is 14.0. The molecule has 19 heavy (non-hydrogen) atoms. The van der Waals surface area contributed by atoms with Crippen LogP contribution in [0.2, 0.25) is 0 Å². The molecule has 1 aromatic heterocycles. The average Bonchev–Trinajstić information content (AvgIpc) is 2.28. The number of pyridine rings is 1. The molecule has 1 aromatic carbocycles. The number of fused-ring (bicyclic) bond motifs is 1. The first-order valence-electron chi connectivity index (χ1n) is 6.89. The number of aryl methyl sites for hydroxylation is 2. The number of hydrogen-bond donors (Lipinski definition) is 1. The SMILES string of the molecule is CNCc1cc(C(C)(C)C)nc2c(C)cc(C)cc12. The predicted molar refractivity (Wildman–Crippen MR) is 82.7 cm³/mol.